The van der Waals surface area contributed by atoms with Gasteiger partial charge in [0.1, 0.15) is 5.82 Å². The first kappa shape index (κ1) is 18.7. The first-order valence-electron chi connectivity index (χ1n) is 7.98. The van der Waals surface area contributed by atoms with Crippen molar-refractivity contribution in [1.29, 1.82) is 0 Å². The van der Waals surface area contributed by atoms with Gasteiger partial charge >= 0.3 is 0 Å². The lowest BCUT2D eigenvalue weighted by Gasteiger charge is -2.09. The highest BCUT2D eigenvalue weighted by Gasteiger charge is 2.18. The zero-order valence-electron chi connectivity index (χ0n) is 14.3. The monoisotopic (exact) mass is 389 g/mol. The van der Waals surface area contributed by atoms with Gasteiger partial charge in [-0.05, 0) is 36.2 Å². The molecule has 0 aliphatic rings. The maximum Gasteiger partial charge on any atom is 0.277 e. The molecule has 0 saturated carbocycles. The number of nitrogens with zero attached hydrogens (tertiary/aromatic N) is 1. The average Bonchev–Trinajstić information content (AvgIpc) is 3.11. The Bertz CT molecular complexity index is 1110. The molecule has 2 aromatic carbocycles. The fourth-order valence-corrected chi connectivity index (χ4v) is 3.42. The van der Waals surface area contributed by atoms with Crippen molar-refractivity contribution in [3.63, 3.8) is 0 Å². The zero-order chi connectivity index (χ0) is 19.6. The van der Waals surface area contributed by atoms with Crippen LogP contribution in [0.25, 0.3) is 11.3 Å². The van der Waals surface area contributed by atoms with Crippen LogP contribution >= 0.6 is 0 Å². The number of rotatable bonds is 5. The van der Waals surface area contributed by atoms with Crippen molar-refractivity contribution >= 4 is 21.6 Å². The van der Waals surface area contributed by atoms with Crippen LogP contribution in [0.5, 0.6) is 0 Å². The third kappa shape index (κ3) is 4.04. The first-order chi connectivity index (χ1) is 12.8. The van der Waals surface area contributed by atoms with Crippen LogP contribution in [-0.4, -0.2) is 19.5 Å². The highest BCUT2D eigenvalue weighted by molar-refractivity contribution is 7.89. The summed E-state index contributed by atoms with van der Waals surface area (Å²) in [6, 6.07) is 11.6. The molecule has 1 aromatic heterocycles. The standard InChI is InChI=1S/C18H16FN3O4S/c1-2-11-7-8-12(9-17(11)27(20,24)25)21-18(23)15-10-16(26-22-15)13-5-3-4-6-14(13)19/h3-10H,2H2,1H3,(H,21,23)(H2,20,24,25). The number of anilines is 1. The second kappa shape index (κ2) is 7.29. The molecule has 1 heterocycles. The summed E-state index contributed by atoms with van der Waals surface area (Å²) in [7, 11) is -3.93. The van der Waals surface area contributed by atoms with E-state index >= 15 is 0 Å². The number of carbonyl (C=O) groups is 1. The molecule has 7 nitrogen and oxygen atoms in total. The molecule has 3 N–H and O–H groups in total. The Labute approximate surface area is 155 Å². The smallest absolute Gasteiger partial charge is 0.277 e. The first-order valence-corrected chi connectivity index (χ1v) is 9.53. The summed E-state index contributed by atoms with van der Waals surface area (Å²) in [5.41, 5.74) is 0.869. The van der Waals surface area contributed by atoms with Gasteiger partial charge in [0.2, 0.25) is 10.0 Å². The molecule has 0 aliphatic carbocycles. The Kier molecular flexibility index (Phi) is 5.06. The van der Waals surface area contributed by atoms with Gasteiger partial charge in [-0.3, -0.25) is 4.79 Å². The van der Waals surface area contributed by atoms with Crippen molar-refractivity contribution in [2.45, 2.75) is 18.2 Å². The van der Waals surface area contributed by atoms with Gasteiger partial charge in [-0.1, -0.05) is 30.3 Å². The Balaban J connectivity index is 1.86. The van der Waals surface area contributed by atoms with E-state index in [4.69, 9.17) is 9.66 Å². The van der Waals surface area contributed by atoms with Crippen molar-refractivity contribution in [3.8, 4) is 11.3 Å². The molecule has 0 saturated heterocycles. The lowest BCUT2D eigenvalue weighted by Crippen LogP contribution is -2.16. The number of nitrogens with one attached hydrogen (secondary N) is 1. The molecule has 1 amide bonds. The number of hydrogen-bond acceptors (Lipinski definition) is 5. The highest BCUT2D eigenvalue weighted by atomic mass is 32.2. The fraction of sp³-hybridized carbons (Fsp3) is 0.111. The third-order valence-electron chi connectivity index (χ3n) is 3.89. The van der Waals surface area contributed by atoms with E-state index in [1.165, 1.54) is 30.3 Å². The van der Waals surface area contributed by atoms with Crippen LogP contribution in [-0.2, 0) is 16.4 Å². The fourth-order valence-electron chi connectivity index (χ4n) is 2.55. The van der Waals surface area contributed by atoms with Gasteiger partial charge in [0, 0.05) is 11.8 Å². The average molecular weight is 389 g/mol. The van der Waals surface area contributed by atoms with E-state index in [0.29, 0.717) is 12.0 Å². The maximum absolute atomic E-state index is 13.8. The second-order valence-corrected chi connectivity index (χ2v) is 7.26. The molecule has 3 aromatic rings. The summed E-state index contributed by atoms with van der Waals surface area (Å²) in [5, 5.41) is 11.4. The van der Waals surface area contributed by atoms with Crippen LogP contribution in [0.2, 0.25) is 0 Å². The van der Waals surface area contributed by atoms with Gasteiger partial charge in [0.15, 0.2) is 11.5 Å². The normalized spacial score (nSPS) is 11.4. The van der Waals surface area contributed by atoms with Gasteiger partial charge in [0.05, 0.1) is 10.5 Å². The summed E-state index contributed by atoms with van der Waals surface area (Å²) in [4.78, 5) is 12.3. The SMILES string of the molecule is CCc1ccc(NC(=O)c2cc(-c3ccccc3F)on2)cc1S(N)(=O)=O. The Morgan fingerprint density at radius 3 is 2.63 bits per heavy atom. The van der Waals surface area contributed by atoms with Crippen LogP contribution in [0, 0.1) is 5.82 Å². The van der Waals surface area contributed by atoms with Gasteiger partial charge in [-0.15, -0.1) is 0 Å². The molecule has 0 radical (unpaired) electrons. The molecular weight excluding hydrogens is 373 g/mol. The maximum atomic E-state index is 13.8. The van der Waals surface area contributed by atoms with Crippen LogP contribution < -0.4 is 10.5 Å². The molecule has 0 fully saturated rings. The van der Waals surface area contributed by atoms with Crippen molar-refractivity contribution in [3.05, 3.63) is 65.6 Å². The Morgan fingerprint density at radius 1 is 1.22 bits per heavy atom. The predicted molar refractivity (Wildman–Crippen MR) is 97.0 cm³/mol. The largest absolute Gasteiger partial charge is 0.355 e. The number of primary sulfonamides is 1. The minimum absolute atomic E-state index is 0.0602. The summed E-state index contributed by atoms with van der Waals surface area (Å²) in [5.74, 6) is -1.04. The van der Waals surface area contributed by atoms with E-state index in [1.54, 1.807) is 25.1 Å². The molecule has 140 valence electrons. The van der Waals surface area contributed by atoms with Crippen molar-refractivity contribution in [2.75, 3.05) is 5.32 Å². The number of nitrogens with two attached hydrogens (primary N) is 1. The molecule has 0 aliphatic heterocycles. The van der Waals surface area contributed by atoms with E-state index in [9.17, 15) is 17.6 Å². The van der Waals surface area contributed by atoms with Crippen molar-refractivity contribution in [1.82, 2.24) is 5.16 Å². The summed E-state index contributed by atoms with van der Waals surface area (Å²) in [6.07, 6.45) is 0.468. The number of hydrogen-bond donors (Lipinski definition) is 2. The van der Waals surface area contributed by atoms with Crippen molar-refractivity contribution < 1.29 is 22.1 Å². The van der Waals surface area contributed by atoms with E-state index in [2.05, 4.69) is 10.5 Å². The number of sulfonamides is 1. The van der Waals surface area contributed by atoms with Gasteiger partial charge in [-0.25, -0.2) is 17.9 Å². The predicted octanol–water partition coefficient (Wildman–Crippen LogP) is 2.94. The van der Waals surface area contributed by atoms with Gasteiger partial charge in [-0.2, -0.15) is 0 Å². The molecule has 3 rings (SSSR count). The molecule has 0 unspecified atom stereocenters. The summed E-state index contributed by atoms with van der Waals surface area (Å²) < 4.78 is 42.3. The van der Waals surface area contributed by atoms with Gasteiger partial charge in [0.25, 0.3) is 5.91 Å². The number of aryl methyl sites for hydroxylation is 1. The van der Waals surface area contributed by atoms with E-state index in [1.807, 2.05) is 0 Å². The number of amides is 1. The van der Waals surface area contributed by atoms with E-state index in [-0.39, 0.29) is 27.6 Å². The Morgan fingerprint density at radius 2 is 1.96 bits per heavy atom. The Hall–Kier alpha value is -3.04. The van der Waals surface area contributed by atoms with E-state index in [0.717, 1.165) is 0 Å². The number of carbonyl (C=O) groups excluding carboxylic acids is 1. The summed E-state index contributed by atoms with van der Waals surface area (Å²) in [6.45, 7) is 1.79. The molecule has 0 spiro atoms. The summed E-state index contributed by atoms with van der Waals surface area (Å²) >= 11 is 0. The van der Waals surface area contributed by atoms with Crippen LogP contribution in [0.3, 0.4) is 0 Å². The lowest BCUT2D eigenvalue weighted by molar-refractivity contribution is 0.101. The van der Waals surface area contributed by atoms with Crippen molar-refractivity contribution in [2.24, 2.45) is 5.14 Å². The minimum Gasteiger partial charge on any atom is -0.355 e. The number of benzene rings is 2. The quantitative estimate of drug-likeness (QED) is 0.696. The second-order valence-electron chi connectivity index (χ2n) is 5.73. The molecule has 0 bridgehead atoms. The van der Waals surface area contributed by atoms with Crippen LogP contribution in [0.4, 0.5) is 10.1 Å². The number of aromatic nitrogens is 1. The topological polar surface area (TPSA) is 115 Å². The molecule has 27 heavy (non-hydrogen) atoms. The van der Waals surface area contributed by atoms with Crippen LogP contribution in [0.1, 0.15) is 23.0 Å². The zero-order valence-corrected chi connectivity index (χ0v) is 15.1. The molecule has 9 heteroatoms. The van der Waals surface area contributed by atoms with Crippen LogP contribution in [0.15, 0.2) is 57.9 Å². The molecule has 0 atom stereocenters. The molecular formula is C18H16FN3O4S. The van der Waals surface area contributed by atoms with E-state index < -0.39 is 21.7 Å². The highest BCUT2D eigenvalue weighted by Crippen LogP contribution is 2.24. The minimum atomic E-state index is -3.93. The number of halogens is 1. The third-order valence-corrected chi connectivity index (χ3v) is 4.89. The van der Waals surface area contributed by atoms with Gasteiger partial charge < -0.3 is 9.84 Å². The lowest BCUT2D eigenvalue weighted by atomic mass is 10.1.